The third kappa shape index (κ3) is 2.41. The van der Waals surface area contributed by atoms with Crippen LogP contribution in [0.2, 0.25) is 5.02 Å². The van der Waals surface area contributed by atoms with Gasteiger partial charge in [0, 0.05) is 17.2 Å². The molecule has 2 rings (SSSR count). The Hall–Kier alpha value is -1.88. The van der Waals surface area contributed by atoms with Gasteiger partial charge in [0.1, 0.15) is 5.69 Å². The Morgan fingerprint density at radius 3 is 2.30 bits per heavy atom. The van der Waals surface area contributed by atoms with E-state index in [0.717, 1.165) is 11.1 Å². The lowest BCUT2D eigenvalue weighted by Gasteiger charge is -2.19. The predicted octanol–water partition coefficient (Wildman–Crippen LogP) is 3.72. The van der Waals surface area contributed by atoms with Gasteiger partial charge in [0.2, 0.25) is 5.88 Å². The highest BCUT2D eigenvalue weighted by Crippen LogP contribution is 2.46. The Bertz CT molecular complexity index is 623. The molecule has 0 saturated heterocycles. The highest BCUT2D eigenvalue weighted by atomic mass is 35.5. The number of nitrogens with zero attached hydrogens (tertiary/aromatic N) is 1. The van der Waals surface area contributed by atoms with Gasteiger partial charge in [0.15, 0.2) is 11.5 Å². The first-order chi connectivity index (χ1) is 9.49. The fourth-order valence-electron chi connectivity index (χ4n) is 2.22. The van der Waals surface area contributed by atoms with E-state index < -0.39 is 0 Å². The monoisotopic (exact) mass is 296 g/mol. The van der Waals surface area contributed by atoms with Crippen molar-refractivity contribution in [3.05, 3.63) is 22.7 Å². The van der Waals surface area contributed by atoms with Crippen molar-refractivity contribution < 1.29 is 14.0 Å². The number of nitrogen functional groups attached to an aromatic ring is 1. The van der Waals surface area contributed by atoms with E-state index >= 15 is 0 Å². The van der Waals surface area contributed by atoms with Crippen molar-refractivity contribution in [3.8, 4) is 22.8 Å². The SMILES string of the molecule is COc1c(Cl)cc(-c2cc(N)on2)c(C(C)C)c1OC. The largest absolute Gasteiger partial charge is 0.492 e. The van der Waals surface area contributed by atoms with Gasteiger partial charge in [0.05, 0.1) is 19.2 Å². The lowest BCUT2D eigenvalue weighted by Crippen LogP contribution is -2.01. The van der Waals surface area contributed by atoms with Crippen LogP contribution in [0.3, 0.4) is 0 Å². The van der Waals surface area contributed by atoms with Crippen LogP contribution in [-0.4, -0.2) is 19.4 Å². The fourth-order valence-corrected chi connectivity index (χ4v) is 2.49. The van der Waals surface area contributed by atoms with Crippen LogP contribution in [0.15, 0.2) is 16.7 Å². The molecule has 0 bridgehead atoms. The molecule has 1 aromatic carbocycles. The van der Waals surface area contributed by atoms with Crippen molar-refractivity contribution in [2.45, 2.75) is 19.8 Å². The first-order valence-corrected chi connectivity index (χ1v) is 6.54. The summed E-state index contributed by atoms with van der Waals surface area (Å²) in [5.41, 5.74) is 7.98. The second kappa shape index (κ2) is 5.63. The molecular weight excluding hydrogens is 280 g/mol. The standard InChI is InChI=1S/C14H17ClN2O3/c1-7(2)12-8(10-6-11(16)20-17-10)5-9(15)13(18-3)14(12)19-4/h5-7H,16H2,1-4H3. The van der Waals surface area contributed by atoms with Gasteiger partial charge in [-0.1, -0.05) is 30.6 Å². The van der Waals surface area contributed by atoms with Crippen molar-refractivity contribution in [1.82, 2.24) is 5.16 Å². The quantitative estimate of drug-likeness (QED) is 0.931. The molecule has 0 amide bonds. The van der Waals surface area contributed by atoms with Gasteiger partial charge in [-0.2, -0.15) is 0 Å². The Labute approximate surface area is 122 Å². The number of nitrogens with two attached hydrogens (primary N) is 1. The van der Waals surface area contributed by atoms with Crippen LogP contribution in [0.4, 0.5) is 5.88 Å². The minimum absolute atomic E-state index is 0.184. The van der Waals surface area contributed by atoms with E-state index in [9.17, 15) is 0 Å². The number of anilines is 1. The van der Waals surface area contributed by atoms with Gasteiger partial charge in [-0.15, -0.1) is 0 Å². The molecule has 1 aromatic heterocycles. The maximum absolute atomic E-state index is 6.25. The summed E-state index contributed by atoms with van der Waals surface area (Å²) < 4.78 is 15.7. The second-order valence-electron chi connectivity index (χ2n) is 4.66. The molecule has 0 aliphatic heterocycles. The zero-order valence-electron chi connectivity index (χ0n) is 11.9. The lowest BCUT2D eigenvalue weighted by atomic mass is 9.93. The van der Waals surface area contributed by atoms with Crippen LogP contribution in [0.1, 0.15) is 25.3 Å². The van der Waals surface area contributed by atoms with E-state index in [0.29, 0.717) is 22.2 Å². The molecule has 0 saturated carbocycles. The number of benzene rings is 1. The van der Waals surface area contributed by atoms with E-state index in [-0.39, 0.29) is 11.8 Å². The Kier molecular flexibility index (Phi) is 4.09. The van der Waals surface area contributed by atoms with Crippen LogP contribution >= 0.6 is 11.6 Å². The average molecular weight is 297 g/mol. The van der Waals surface area contributed by atoms with E-state index in [1.54, 1.807) is 26.4 Å². The number of aromatic nitrogens is 1. The van der Waals surface area contributed by atoms with Gasteiger partial charge in [-0.3, -0.25) is 0 Å². The molecule has 0 aliphatic rings. The molecule has 0 radical (unpaired) electrons. The van der Waals surface area contributed by atoms with Crippen LogP contribution in [0, 0.1) is 0 Å². The van der Waals surface area contributed by atoms with Gasteiger partial charge < -0.3 is 19.7 Å². The van der Waals surface area contributed by atoms with Crippen LogP contribution in [0.5, 0.6) is 11.5 Å². The number of rotatable bonds is 4. The zero-order chi connectivity index (χ0) is 14.9. The molecule has 0 fully saturated rings. The van der Waals surface area contributed by atoms with Crippen LogP contribution in [0.25, 0.3) is 11.3 Å². The Balaban J connectivity index is 2.77. The lowest BCUT2D eigenvalue weighted by molar-refractivity contribution is 0.351. The van der Waals surface area contributed by atoms with E-state index in [2.05, 4.69) is 19.0 Å². The van der Waals surface area contributed by atoms with Gasteiger partial charge in [0.25, 0.3) is 0 Å². The summed E-state index contributed by atoms with van der Waals surface area (Å²) in [7, 11) is 3.14. The van der Waals surface area contributed by atoms with Crippen LogP contribution < -0.4 is 15.2 Å². The van der Waals surface area contributed by atoms with Crippen molar-refractivity contribution in [1.29, 1.82) is 0 Å². The molecule has 5 nitrogen and oxygen atoms in total. The molecule has 0 unspecified atom stereocenters. The summed E-state index contributed by atoms with van der Waals surface area (Å²) in [6, 6.07) is 3.44. The Morgan fingerprint density at radius 1 is 1.20 bits per heavy atom. The molecule has 1 heterocycles. The van der Waals surface area contributed by atoms with E-state index in [1.165, 1.54) is 0 Å². The summed E-state index contributed by atoms with van der Waals surface area (Å²) in [4.78, 5) is 0. The molecule has 20 heavy (non-hydrogen) atoms. The summed E-state index contributed by atoms with van der Waals surface area (Å²) in [6.07, 6.45) is 0. The molecule has 0 spiro atoms. The van der Waals surface area contributed by atoms with E-state index in [1.807, 2.05) is 0 Å². The van der Waals surface area contributed by atoms with Crippen molar-refractivity contribution in [2.24, 2.45) is 0 Å². The third-order valence-electron chi connectivity index (χ3n) is 3.02. The molecule has 6 heteroatoms. The molecule has 108 valence electrons. The number of hydrogen-bond acceptors (Lipinski definition) is 5. The van der Waals surface area contributed by atoms with Gasteiger partial charge >= 0.3 is 0 Å². The summed E-state index contributed by atoms with van der Waals surface area (Å²) in [5.74, 6) is 1.55. The zero-order valence-corrected chi connectivity index (χ0v) is 12.6. The average Bonchev–Trinajstić information content (AvgIpc) is 2.83. The minimum Gasteiger partial charge on any atom is -0.492 e. The third-order valence-corrected chi connectivity index (χ3v) is 3.30. The highest BCUT2D eigenvalue weighted by molar-refractivity contribution is 6.32. The summed E-state index contributed by atoms with van der Waals surface area (Å²) in [6.45, 7) is 4.11. The summed E-state index contributed by atoms with van der Waals surface area (Å²) in [5, 5.41) is 4.40. The van der Waals surface area contributed by atoms with Crippen molar-refractivity contribution >= 4 is 17.5 Å². The molecular formula is C14H17ClN2O3. The first-order valence-electron chi connectivity index (χ1n) is 6.16. The minimum atomic E-state index is 0.184. The molecule has 0 aliphatic carbocycles. The second-order valence-corrected chi connectivity index (χ2v) is 5.06. The summed E-state index contributed by atoms with van der Waals surface area (Å²) >= 11 is 6.25. The topological polar surface area (TPSA) is 70.5 Å². The number of ether oxygens (including phenoxy) is 2. The molecule has 0 atom stereocenters. The van der Waals surface area contributed by atoms with Gasteiger partial charge in [-0.05, 0) is 12.0 Å². The maximum atomic E-state index is 6.25. The number of methoxy groups -OCH3 is 2. The van der Waals surface area contributed by atoms with Crippen molar-refractivity contribution in [3.63, 3.8) is 0 Å². The van der Waals surface area contributed by atoms with Crippen LogP contribution in [-0.2, 0) is 0 Å². The smallest absolute Gasteiger partial charge is 0.222 e. The number of hydrogen-bond donors (Lipinski definition) is 1. The molecule has 2 aromatic rings. The molecule has 2 N–H and O–H groups in total. The highest BCUT2D eigenvalue weighted by Gasteiger charge is 2.23. The number of halogens is 1. The first kappa shape index (κ1) is 14.5. The predicted molar refractivity (Wildman–Crippen MR) is 78.6 cm³/mol. The fraction of sp³-hybridized carbons (Fsp3) is 0.357. The van der Waals surface area contributed by atoms with E-state index in [4.69, 9.17) is 31.3 Å². The van der Waals surface area contributed by atoms with Crippen molar-refractivity contribution in [2.75, 3.05) is 20.0 Å². The maximum Gasteiger partial charge on any atom is 0.222 e. The Morgan fingerprint density at radius 2 is 1.85 bits per heavy atom. The normalized spacial score (nSPS) is 10.9. The van der Waals surface area contributed by atoms with Gasteiger partial charge in [-0.25, -0.2) is 0 Å².